The normalized spacial score (nSPS) is 17.8. The third-order valence-electron chi connectivity index (χ3n) is 7.39. The Morgan fingerprint density at radius 1 is 0.968 bits per heavy atom. The van der Waals surface area contributed by atoms with Gasteiger partial charge < -0.3 is 9.16 Å². The molecule has 4 heteroatoms. The van der Waals surface area contributed by atoms with Gasteiger partial charge in [0.05, 0.1) is 0 Å². The van der Waals surface area contributed by atoms with Crippen molar-refractivity contribution < 1.29 is 9.16 Å². The number of hydrogen-bond acceptors (Lipinski definition) is 3. The van der Waals surface area contributed by atoms with E-state index in [1.807, 2.05) is 18.5 Å². The minimum Gasteiger partial charge on any atom is -0.543 e. The minimum absolute atomic E-state index is 0.195. The summed E-state index contributed by atoms with van der Waals surface area (Å²) in [7, 11) is -2.01. The van der Waals surface area contributed by atoms with Crippen molar-refractivity contribution in [3.05, 3.63) is 59.9 Å². The van der Waals surface area contributed by atoms with Crippen LogP contribution in [0.1, 0.15) is 78.4 Å². The highest BCUT2D eigenvalue weighted by Crippen LogP contribution is 2.48. The van der Waals surface area contributed by atoms with Gasteiger partial charge >= 0.3 is 0 Å². The van der Waals surface area contributed by atoms with Crippen molar-refractivity contribution in [1.82, 2.24) is 4.98 Å². The molecule has 31 heavy (non-hydrogen) atoms. The van der Waals surface area contributed by atoms with Gasteiger partial charge in [-0.2, -0.15) is 0 Å². The maximum atomic E-state index is 6.97. The summed E-state index contributed by atoms with van der Waals surface area (Å²) in [5.41, 5.74) is 4.96. The molecule has 0 atom stereocenters. The molecule has 1 aromatic heterocycles. The standard InChI is InChI=1S/C27H37NO2Si/c1-19(2)31(20(3)4,21(5)6)30-23-11-12-24-25(22-10-9-15-28-18-22)17-27(13-7-8-14-27)29-26(24)16-23/h9-12,15-21H,7-8,13-14H2,1-6H3. The maximum absolute atomic E-state index is 6.97. The molecule has 2 heterocycles. The van der Waals surface area contributed by atoms with Crippen LogP contribution >= 0.6 is 0 Å². The van der Waals surface area contributed by atoms with Gasteiger partial charge in [0.2, 0.25) is 0 Å². The summed E-state index contributed by atoms with van der Waals surface area (Å²) in [6.07, 6.45) is 10.7. The molecule has 1 spiro atoms. The predicted octanol–water partition coefficient (Wildman–Crippen LogP) is 7.77. The van der Waals surface area contributed by atoms with Crippen LogP contribution in [0.3, 0.4) is 0 Å². The molecule has 1 aliphatic carbocycles. The van der Waals surface area contributed by atoms with Gasteiger partial charge in [0.15, 0.2) is 0 Å². The zero-order valence-electron chi connectivity index (χ0n) is 19.9. The Hall–Kier alpha value is -2.07. The molecule has 0 bridgehead atoms. The summed E-state index contributed by atoms with van der Waals surface area (Å²) in [6.45, 7) is 14.0. The van der Waals surface area contributed by atoms with E-state index in [0.29, 0.717) is 16.6 Å². The van der Waals surface area contributed by atoms with E-state index in [1.165, 1.54) is 18.4 Å². The Bertz CT molecular complexity index is 921. The molecule has 0 radical (unpaired) electrons. The fraction of sp³-hybridized carbons (Fsp3) is 0.519. The Kier molecular flexibility index (Phi) is 6.04. The molecule has 0 unspecified atom stereocenters. The summed E-state index contributed by atoms with van der Waals surface area (Å²) in [5, 5.41) is 0. The van der Waals surface area contributed by atoms with E-state index in [2.05, 4.69) is 76.9 Å². The van der Waals surface area contributed by atoms with E-state index < -0.39 is 8.32 Å². The van der Waals surface area contributed by atoms with Crippen molar-refractivity contribution in [2.75, 3.05) is 0 Å². The number of benzene rings is 1. The number of hydrogen-bond donors (Lipinski definition) is 0. The average molecular weight is 436 g/mol. The van der Waals surface area contributed by atoms with Crippen molar-refractivity contribution >= 4 is 13.9 Å². The van der Waals surface area contributed by atoms with E-state index in [9.17, 15) is 0 Å². The van der Waals surface area contributed by atoms with Crippen LogP contribution in [0.4, 0.5) is 0 Å². The number of aromatic nitrogens is 1. The van der Waals surface area contributed by atoms with Crippen LogP contribution in [0, 0.1) is 0 Å². The van der Waals surface area contributed by atoms with Gasteiger partial charge in [0, 0.05) is 29.6 Å². The SMILES string of the molecule is CC(C)[Si](Oc1ccc2c(c1)OC1(C=C2c2cccnc2)CCCC1)(C(C)C)C(C)C. The zero-order chi connectivity index (χ0) is 22.2. The lowest BCUT2D eigenvalue weighted by Crippen LogP contribution is -2.50. The summed E-state index contributed by atoms with van der Waals surface area (Å²) in [6, 6.07) is 10.7. The highest BCUT2D eigenvalue weighted by Gasteiger charge is 2.47. The van der Waals surface area contributed by atoms with E-state index >= 15 is 0 Å². The van der Waals surface area contributed by atoms with Gasteiger partial charge in [-0.05, 0) is 72.2 Å². The molecule has 0 amide bonds. The summed E-state index contributed by atoms with van der Waals surface area (Å²) >= 11 is 0. The molecule has 1 fully saturated rings. The van der Waals surface area contributed by atoms with Gasteiger partial charge in [0.1, 0.15) is 17.1 Å². The molecule has 166 valence electrons. The number of fused-ring (bicyclic) bond motifs is 1. The molecule has 1 aromatic carbocycles. The molecule has 1 saturated carbocycles. The topological polar surface area (TPSA) is 31.4 Å². The van der Waals surface area contributed by atoms with Crippen LogP contribution in [0.5, 0.6) is 11.5 Å². The minimum atomic E-state index is -2.01. The van der Waals surface area contributed by atoms with Crippen LogP contribution in [-0.4, -0.2) is 18.9 Å². The Morgan fingerprint density at radius 3 is 2.23 bits per heavy atom. The van der Waals surface area contributed by atoms with Crippen LogP contribution in [0.2, 0.25) is 16.6 Å². The molecule has 4 rings (SSSR count). The number of pyridine rings is 1. The third kappa shape index (κ3) is 3.95. The van der Waals surface area contributed by atoms with Gasteiger partial charge in [-0.1, -0.05) is 47.6 Å². The molecule has 0 N–H and O–H groups in total. The lowest BCUT2D eigenvalue weighted by atomic mass is 9.88. The quantitative estimate of drug-likeness (QED) is 0.434. The van der Waals surface area contributed by atoms with E-state index in [-0.39, 0.29) is 5.60 Å². The summed E-state index contributed by atoms with van der Waals surface area (Å²) in [5.74, 6) is 1.92. The summed E-state index contributed by atoms with van der Waals surface area (Å²) in [4.78, 5) is 4.37. The van der Waals surface area contributed by atoms with Crippen molar-refractivity contribution in [3.8, 4) is 11.5 Å². The van der Waals surface area contributed by atoms with Gasteiger partial charge in [-0.15, -0.1) is 0 Å². The first kappa shape index (κ1) is 22.1. The van der Waals surface area contributed by atoms with Crippen molar-refractivity contribution in [1.29, 1.82) is 0 Å². The second kappa shape index (κ2) is 8.46. The van der Waals surface area contributed by atoms with Gasteiger partial charge in [0.25, 0.3) is 8.32 Å². The highest BCUT2D eigenvalue weighted by molar-refractivity contribution is 6.78. The lowest BCUT2D eigenvalue weighted by molar-refractivity contribution is 0.124. The smallest absolute Gasteiger partial charge is 0.258 e. The first-order valence-electron chi connectivity index (χ1n) is 11.9. The largest absolute Gasteiger partial charge is 0.543 e. The monoisotopic (exact) mass is 435 g/mol. The van der Waals surface area contributed by atoms with Crippen LogP contribution < -0.4 is 9.16 Å². The van der Waals surface area contributed by atoms with Crippen LogP contribution in [-0.2, 0) is 0 Å². The van der Waals surface area contributed by atoms with Crippen molar-refractivity contribution in [2.24, 2.45) is 0 Å². The van der Waals surface area contributed by atoms with Crippen LogP contribution in [0.15, 0.2) is 48.8 Å². The third-order valence-corrected chi connectivity index (χ3v) is 13.4. The number of nitrogens with zero attached hydrogens (tertiary/aromatic N) is 1. The first-order valence-corrected chi connectivity index (χ1v) is 14.1. The summed E-state index contributed by atoms with van der Waals surface area (Å²) < 4.78 is 13.7. The molecule has 2 aromatic rings. The lowest BCUT2D eigenvalue weighted by Gasteiger charge is -2.42. The highest BCUT2D eigenvalue weighted by atomic mass is 28.4. The van der Waals surface area contributed by atoms with Crippen molar-refractivity contribution in [2.45, 2.75) is 89.5 Å². The second-order valence-corrected chi connectivity index (χ2v) is 15.6. The van der Waals surface area contributed by atoms with E-state index in [4.69, 9.17) is 9.16 Å². The van der Waals surface area contributed by atoms with Gasteiger partial charge in [-0.3, -0.25) is 4.98 Å². The predicted molar refractivity (Wildman–Crippen MR) is 131 cm³/mol. The molecule has 1 aliphatic heterocycles. The number of ether oxygens (including phenoxy) is 1. The molecule has 0 saturated heterocycles. The second-order valence-electron chi connectivity index (χ2n) is 10.3. The Labute approximate surface area is 189 Å². The average Bonchev–Trinajstić information content (AvgIpc) is 3.18. The van der Waals surface area contributed by atoms with Crippen LogP contribution in [0.25, 0.3) is 5.57 Å². The van der Waals surface area contributed by atoms with Gasteiger partial charge in [-0.25, -0.2) is 0 Å². The maximum Gasteiger partial charge on any atom is 0.258 e. The fourth-order valence-corrected chi connectivity index (χ4v) is 11.2. The van der Waals surface area contributed by atoms with E-state index in [0.717, 1.165) is 35.5 Å². The number of rotatable bonds is 6. The van der Waals surface area contributed by atoms with Crippen molar-refractivity contribution in [3.63, 3.8) is 0 Å². The molecule has 2 aliphatic rings. The molecule has 3 nitrogen and oxygen atoms in total. The van der Waals surface area contributed by atoms with E-state index in [1.54, 1.807) is 0 Å². The zero-order valence-corrected chi connectivity index (χ0v) is 20.9. The first-order chi connectivity index (χ1) is 14.8. The fourth-order valence-electron chi connectivity index (χ4n) is 6.00. The Balaban J connectivity index is 1.77. The molecular weight excluding hydrogens is 398 g/mol. The Morgan fingerprint density at radius 2 is 1.65 bits per heavy atom. The molecular formula is C27H37NO2Si.